The largest absolute Gasteiger partial charge is 3.00 e. The maximum atomic E-state index is 8.52. The van der Waals surface area contributed by atoms with Crippen LogP contribution in [-0.2, 0) is 83.2 Å². The minimum atomic E-state index is -5.17. The zero-order valence-corrected chi connectivity index (χ0v) is 41.3. The van der Waals surface area contributed by atoms with Crippen molar-refractivity contribution in [3.8, 4) is 0 Å². The molecule has 0 atom stereocenters. The Morgan fingerprint density at radius 2 is 0.194 bits per heavy atom. The van der Waals surface area contributed by atoms with Crippen LogP contribution in [0.4, 0.5) is 0 Å². The molecule has 0 aliphatic heterocycles. The van der Waals surface area contributed by atoms with Crippen LogP contribution in [0.3, 0.4) is 0 Å². The summed E-state index contributed by atoms with van der Waals surface area (Å²) in [6, 6.07) is 0. The molecule has 0 fully saturated rings. The molecule has 0 saturated heterocycles. The molecule has 0 heterocycles. The van der Waals surface area contributed by atoms with Crippen molar-refractivity contribution in [2.24, 2.45) is 0 Å². The summed E-state index contributed by atoms with van der Waals surface area (Å²) in [5.41, 5.74) is 35.4. The Hall–Kier alpha value is 1.05. The van der Waals surface area contributed by atoms with Crippen LogP contribution in [-0.4, -0.2) is 206 Å². The van der Waals surface area contributed by atoms with Gasteiger partial charge in [0.1, 0.15) is 65.4 Å². The van der Waals surface area contributed by atoms with E-state index in [4.69, 9.17) is 140 Å². The van der Waals surface area contributed by atoms with Gasteiger partial charge in [0, 0.05) is 83.2 Å². The maximum absolute atomic E-state index is 8.52. The first kappa shape index (κ1) is 105. The molecule has 0 unspecified atom stereocenters. The normalized spacial score (nSPS) is 9.90. The molecule has 0 rings (SSSR count). The Balaban J connectivity index is -0.0000000296. The molecule has 0 aliphatic carbocycles. The summed E-state index contributed by atoms with van der Waals surface area (Å²) in [4.78, 5) is 0. The Morgan fingerprint density at radius 3 is 0.194 bits per heavy atom. The maximum Gasteiger partial charge on any atom is 3.00 e. The van der Waals surface area contributed by atoms with E-state index in [9.17, 15) is 0 Å². The van der Waals surface area contributed by atoms with Crippen molar-refractivity contribution in [2.75, 3.05) is 65.4 Å². The molecule has 0 saturated carbocycles. The summed E-state index contributed by atoms with van der Waals surface area (Å²) < 4.78 is 273. The standard InChI is InChI=1S/5C2H8N2.2Er.8H2O4S/c5*3-1-2-4;;;8*1-5(2,3)4/h5*1-4H2;;;8*(H2,1,2,3,4)/q;;;;;2*+3;;;;;;;;/p-6. The van der Waals surface area contributed by atoms with Crippen molar-refractivity contribution in [2.45, 2.75) is 0 Å². The molecule has 30 N–H and O–H groups in total. The SMILES string of the molecule is O=S(=O)([O-])[O-].O=S(=O)([O-])[O-].O=S(=O)([O-])[O-].O=S(=O)([O-])[O-].O=S(=O)([O-])[O-].O=S(=O)([O-])[O-].O=S(=O)([O-])[O-].O=S(=O)([O-])[O-].[Er+3].[Er+3].[NH3+]CC[NH3+].[NH3+]CC[NH3+].[NH3+]CC[NH3+].[NH3+]CC[NH3+].[NH3+]CC[NH3+]. The number of hydrogen-bond acceptors (Lipinski definition) is 32. The third-order valence-corrected chi connectivity index (χ3v) is 1.25. The van der Waals surface area contributed by atoms with E-state index in [1.807, 2.05) is 0 Å². The van der Waals surface area contributed by atoms with Crippen molar-refractivity contribution in [3.05, 3.63) is 0 Å². The second-order valence-corrected chi connectivity index (χ2v) is 13.3. The molecule has 0 spiro atoms. The van der Waals surface area contributed by atoms with Crippen molar-refractivity contribution in [1.29, 1.82) is 0 Å². The number of hydrogen-bond donors (Lipinski definition) is 10. The van der Waals surface area contributed by atoms with Gasteiger partial charge >= 0.3 is 74.6 Å². The molecule has 0 amide bonds. The van der Waals surface area contributed by atoms with Crippen LogP contribution in [0.1, 0.15) is 0 Å². The van der Waals surface area contributed by atoms with E-state index in [2.05, 4.69) is 57.3 Å². The van der Waals surface area contributed by atoms with E-state index in [-0.39, 0.29) is 74.6 Å². The van der Waals surface area contributed by atoms with E-state index >= 15 is 0 Å². The van der Waals surface area contributed by atoms with E-state index < -0.39 is 83.2 Å². The van der Waals surface area contributed by atoms with Crippen LogP contribution in [0.5, 0.6) is 0 Å². The molecule has 0 aromatic heterocycles. The minimum Gasteiger partial charge on any atom is -0.759 e. The smallest absolute Gasteiger partial charge is 0.759 e. The number of quaternary nitrogens is 10. The molecule has 52 heteroatoms. The summed E-state index contributed by atoms with van der Waals surface area (Å²) in [7, 11) is -41.3. The van der Waals surface area contributed by atoms with Gasteiger partial charge in [-0.3, -0.25) is 67.3 Å². The van der Waals surface area contributed by atoms with Gasteiger partial charge < -0.3 is 130 Å². The van der Waals surface area contributed by atoms with Crippen LogP contribution in [0.2, 0.25) is 0 Å². The Bertz CT molecular complexity index is 1280. The molecule has 2 radical (unpaired) electrons. The third kappa shape index (κ3) is 6010. The van der Waals surface area contributed by atoms with Gasteiger partial charge in [0.25, 0.3) is 0 Å². The summed E-state index contributed by atoms with van der Waals surface area (Å²) in [6.07, 6.45) is 0. The van der Waals surface area contributed by atoms with Crippen LogP contribution < -0.4 is 57.3 Å². The zero-order valence-electron chi connectivity index (χ0n) is 31.0. The predicted octanol–water partition coefficient (Wildman–Crippen LogP) is -23.4. The summed E-state index contributed by atoms with van der Waals surface area (Å²) in [6.45, 7) is 9.58. The Kier molecular flexibility index (Phi) is 112. The van der Waals surface area contributed by atoms with Crippen LogP contribution >= 0.6 is 0 Å². The molecule has 0 aliphatic rings. The van der Waals surface area contributed by atoms with Crippen molar-refractivity contribution >= 4 is 83.2 Å². The van der Waals surface area contributed by atoms with E-state index in [1.54, 1.807) is 0 Å². The fourth-order valence-corrected chi connectivity index (χ4v) is 0. The van der Waals surface area contributed by atoms with Gasteiger partial charge in [-0.1, -0.05) is 0 Å². The number of rotatable bonds is 5. The van der Waals surface area contributed by atoms with Gasteiger partial charge in [-0.25, -0.2) is 0 Å². The average molecular weight is 1410 g/mol. The minimum absolute atomic E-state index is 0. The first-order valence-corrected chi connectivity index (χ1v) is 23.5. The molecule has 0 aromatic carbocycles. The average Bonchev–Trinajstić information content (AvgIpc) is 2.90. The fourth-order valence-electron chi connectivity index (χ4n) is 0. The fraction of sp³-hybridized carbons (Fsp3) is 1.00. The molecule has 62 heavy (non-hydrogen) atoms. The molecule has 42 nitrogen and oxygen atoms in total. The van der Waals surface area contributed by atoms with Crippen LogP contribution in [0.15, 0.2) is 0 Å². The van der Waals surface area contributed by atoms with Crippen molar-refractivity contribution < 1.29 is 272 Å². The third-order valence-electron chi connectivity index (χ3n) is 1.25. The van der Waals surface area contributed by atoms with Crippen LogP contribution in [0.25, 0.3) is 0 Å². The van der Waals surface area contributed by atoms with Crippen molar-refractivity contribution in [1.82, 2.24) is 0 Å². The Labute approximate surface area is 416 Å². The van der Waals surface area contributed by atoms with E-state index in [0.717, 1.165) is 65.4 Å². The molecule has 0 aromatic rings. The van der Waals surface area contributed by atoms with Gasteiger partial charge in [0.05, 0.1) is 0 Å². The van der Waals surface area contributed by atoms with Gasteiger partial charge in [-0.05, 0) is 0 Å². The van der Waals surface area contributed by atoms with E-state index in [0.29, 0.717) is 0 Å². The quantitative estimate of drug-likeness (QED) is 0.0902. The second kappa shape index (κ2) is 66.3. The first-order chi connectivity index (χ1) is 25.6. The summed E-state index contributed by atoms with van der Waals surface area (Å²) in [5, 5.41) is 0. The van der Waals surface area contributed by atoms with Crippen LogP contribution in [0, 0.1) is 74.6 Å². The summed E-state index contributed by atoms with van der Waals surface area (Å²) in [5.74, 6) is 0. The monoisotopic (exact) mass is 1410 g/mol. The molecule has 0 bridgehead atoms. The first-order valence-electron chi connectivity index (χ1n) is 12.8. The topological polar surface area (TPSA) is 918 Å². The second-order valence-electron chi connectivity index (χ2n) is 6.80. The molecular formula is C10H50Er2N10O32S8. The zero-order chi connectivity index (χ0) is 53.1. The molecule has 404 valence electrons. The van der Waals surface area contributed by atoms with Gasteiger partial charge in [0.15, 0.2) is 0 Å². The van der Waals surface area contributed by atoms with Gasteiger partial charge in [-0.15, -0.1) is 0 Å². The van der Waals surface area contributed by atoms with Gasteiger partial charge in [0.2, 0.25) is 0 Å². The summed E-state index contributed by atoms with van der Waals surface area (Å²) >= 11 is 0. The van der Waals surface area contributed by atoms with Gasteiger partial charge in [-0.2, -0.15) is 0 Å². The van der Waals surface area contributed by atoms with E-state index in [1.165, 1.54) is 0 Å². The molecular weight excluding hydrogens is 1360 g/mol. The Morgan fingerprint density at radius 1 is 0.177 bits per heavy atom. The predicted molar refractivity (Wildman–Crippen MR) is 161 cm³/mol. The van der Waals surface area contributed by atoms with Crippen molar-refractivity contribution in [3.63, 3.8) is 0 Å².